The normalized spacial score (nSPS) is 11.6. The van der Waals surface area contributed by atoms with Crippen molar-refractivity contribution in [3.8, 4) is 0 Å². The van der Waals surface area contributed by atoms with Gasteiger partial charge in [0.05, 0.1) is 0 Å². The van der Waals surface area contributed by atoms with Crippen molar-refractivity contribution in [1.82, 2.24) is 0 Å². The third kappa shape index (κ3) is 2.59. The number of hydrogen-bond acceptors (Lipinski definition) is 1. The highest BCUT2D eigenvalue weighted by Gasteiger charge is 2.08. The highest BCUT2D eigenvalue weighted by Crippen LogP contribution is 2.22. The summed E-state index contributed by atoms with van der Waals surface area (Å²) >= 11 is 0. The molecule has 2 nitrogen and oxygen atoms in total. The lowest BCUT2D eigenvalue weighted by Crippen LogP contribution is -2.01. The van der Waals surface area contributed by atoms with Crippen molar-refractivity contribution in [2.24, 2.45) is 0 Å². The molecule has 2 rings (SSSR count). The van der Waals surface area contributed by atoms with E-state index in [2.05, 4.69) is 13.0 Å². The Bertz CT molecular complexity index is 586. The molecular weight excluding hydrogens is 222 g/mol. The molecule has 0 aliphatic rings. The van der Waals surface area contributed by atoms with Crippen molar-refractivity contribution in [2.75, 3.05) is 0 Å². The molecule has 2 aromatic carbocycles. The molecule has 0 bridgehead atoms. The van der Waals surface area contributed by atoms with Crippen molar-refractivity contribution in [1.29, 1.82) is 0 Å². The molecule has 0 aromatic heterocycles. The maximum atomic E-state index is 12.2. The van der Waals surface area contributed by atoms with Gasteiger partial charge in [0.15, 0.2) is 6.21 Å². The van der Waals surface area contributed by atoms with Crippen LogP contribution in [0.15, 0.2) is 42.5 Å². The van der Waals surface area contributed by atoms with Gasteiger partial charge in [-0.05, 0) is 50.1 Å². The van der Waals surface area contributed by atoms with Gasteiger partial charge in [-0.15, -0.1) is 0 Å². The number of nitrogens with zero attached hydrogens (tertiary/aromatic N) is 1. The van der Waals surface area contributed by atoms with Crippen LogP contribution in [-0.2, 0) is 0 Å². The van der Waals surface area contributed by atoms with Gasteiger partial charge in [0.25, 0.3) is 0 Å². The van der Waals surface area contributed by atoms with Gasteiger partial charge in [-0.1, -0.05) is 18.2 Å². The van der Waals surface area contributed by atoms with Crippen LogP contribution in [0, 0.1) is 26.0 Å². The van der Waals surface area contributed by atoms with E-state index in [4.69, 9.17) is 0 Å². The van der Waals surface area contributed by atoms with E-state index in [9.17, 15) is 5.21 Å². The minimum atomic E-state index is 0.710. The molecule has 0 aliphatic carbocycles. The van der Waals surface area contributed by atoms with Crippen LogP contribution in [0.5, 0.6) is 0 Å². The Labute approximate surface area is 108 Å². The molecule has 0 amide bonds. The fraction of sp³-hybridized carbons (Fsp3) is 0.188. The molecule has 2 aromatic rings. The predicted octanol–water partition coefficient (Wildman–Crippen LogP) is 3.87. The summed E-state index contributed by atoms with van der Waals surface area (Å²) in [6.07, 6.45) is 1.61. The first-order valence-electron chi connectivity index (χ1n) is 6.02. The maximum absolute atomic E-state index is 12.2. The second-order valence-electron chi connectivity index (χ2n) is 4.59. The van der Waals surface area contributed by atoms with Crippen LogP contribution >= 0.6 is 0 Å². The molecule has 0 unspecified atom stereocenters. The Kier molecular flexibility index (Phi) is 3.47. The van der Waals surface area contributed by atoms with Crippen LogP contribution in [-0.4, -0.2) is 11.0 Å². The topological polar surface area (TPSA) is 26.1 Å². The summed E-state index contributed by atoms with van der Waals surface area (Å²) in [7, 11) is 0. The number of rotatable bonds is 2. The highest BCUT2D eigenvalue weighted by atomic mass is 16.5. The Balaban J connectivity index is 2.43. The summed E-state index contributed by atoms with van der Waals surface area (Å²) < 4.78 is 0.942. The maximum Gasteiger partial charge on any atom is 0.219 e. The van der Waals surface area contributed by atoms with E-state index < -0.39 is 0 Å². The molecule has 2 heteroatoms. The Morgan fingerprint density at radius 3 is 2.17 bits per heavy atom. The fourth-order valence-electron chi connectivity index (χ4n) is 1.93. The van der Waals surface area contributed by atoms with Crippen molar-refractivity contribution in [3.63, 3.8) is 0 Å². The van der Waals surface area contributed by atoms with Crippen molar-refractivity contribution in [2.45, 2.75) is 20.8 Å². The summed E-state index contributed by atoms with van der Waals surface area (Å²) in [5.41, 5.74) is 4.97. The molecule has 0 heterocycles. The molecule has 18 heavy (non-hydrogen) atoms. The Morgan fingerprint density at radius 1 is 0.889 bits per heavy atom. The van der Waals surface area contributed by atoms with Gasteiger partial charge >= 0.3 is 0 Å². The Hall–Kier alpha value is -2.09. The third-order valence-electron chi connectivity index (χ3n) is 3.12. The van der Waals surface area contributed by atoms with Gasteiger partial charge in [-0.3, -0.25) is 0 Å². The third-order valence-corrected chi connectivity index (χ3v) is 3.12. The van der Waals surface area contributed by atoms with E-state index in [-0.39, 0.29) is 0 Å². The second-order valence-corrected chi connectivity index (χ2v) is 4.59. The average molecular weight is 239 g/mol. The van der Waals surface area contributed by atoms with E-state index in [1.807, 2.05) is 50.2 Å². The standard InChI is InChI=1S/C16H17NO/c1-12-9-14(3)16(10-13(12)2)17(18)11-15-7-5-4-6-8-15/h4-11H,1-3H3. The predicted molar refractivity (Wildman–Crippen MR) is 75.5 cm³/mol. The number of hydrogen-bond donors (Lipinski definition) is 0. The van der Waals surface area contributed by atoms with Crippen LogP contribution in [0.25, 0.3) is 0 Å². The van der Waals surface area contributed by atoms with E-state index in [1.165, 1.54) is 5.56 Å². The first-order chi connectivity index (χ1) is 8.58. The van der Waals surface area contributed by atoms with Gasteiger partial charge in [-0.2, -0.15) is 4.74 Å². The van der Waals surface area contributed by atoms with Gasteiger partial charge in [0, 0.05) is 17.2 Å². The lowest BCUT2D eigenvalue weighted by molar-refractivity contribution is -0.355. The van der Waals surface area contributed by atoms with Crippen LogP contribution in [0.4, 0.5) is 5.69 Å². The minimum absolute atomic E-state index is 0.710. The highest BCUT2D eigenvalue weighted by molar-refractivity contribution is 5.76. The van der Waals surface area contributed by atoms with E-state index in [1.54, 1.807) is 6.21 Å². The molecule has 92 valence electrons. The SMILES string of the molecule is Cc1cc(C)c([N+]([O-])=Cc2ccccc2)cc1C. The minimum Gasteiger partial charge on any atom is -0.618 e. The van der Waals surface area contributed by atoms with Gasteiger partial charge < -0.3 is 5.21 Å². The summed E-state index contributed by atoms with van der Waals surface area (Å²) in [5, 5.41) is 12.2. The quantitative estimate of drug-likeness (QED) is 0.338. The van der Waals surface area contributed by atoms with E-state index >= 15 is 0 Å². The van der Waals surface area contributed by atoms with Crippen molar-refractivity contribution >= 4 is 11.9 Å². The van der Waals surface area contributed by atoms with Crippen molar-refractivity contribution in [3.05, 3.63) is 69.9 Å². The van der Waals surface area contributed by atoms with E-state index in [0.717, 1.165) is 21.4 Å². The van der Waals surface area contributed by atoms with Crippen molar-refractivity contribution < 1.29 is 4.74 Å². The lowest BCUT2D eigenvalue weighted by Gasteiger charge is -2.09. The first-order valence-corrected chi connectivity index (χ1v) is 6.02. The molecule has 0 atom stereocenters. The molecule has 0 fully saturated rings. The smallest absolute Gasteiger partial charge is 0.219 e. The molecule has 0 saturated carbocycles. The first kappa shape index (κ1) is 12.4. The second kappa shape index (κ2) is 5.05. The molecular formula is C16H17NO. The molecule has 0 spiro atoms. The lowest BCUT2D eigenvalue weighted by atomic mass is 10.1. The average Bonchev–Trinajstić information content (AvgIpc) is 2.35. The van der Waals surface area contributed by atoms with Crippen LogP contribution in [0.3, 0.4) is 0 Å². The van der Waals surface area contributed by atoms with Crippen LogP contribution < -0.4 is 0 Å². The van der Waals surface area contributed by atoms with Gasteiger partial charge in [0.2, 0.25) is 5.69 Å². The van der Waals surface area contributed by atoms with E-state index in [0.29, 0.717) is 5.69 Å². The zero-order valence-corrected chi connectivity index (χ0v) is 11.0. The summed E-state index contributed by atoms with van der Waals surface area (Å²) in [6.45, 7) is 6.04. The summed E-state index contributed by atoms with van der Waals surface area (Å²) in [5.74, 6) is 0. The number of benzene rings is 2. The Morgan fingerprint density at radius 2 is 1.50 bits per heavy atom. The largest absolute Gasteiger partial charge is 0.618 e. The zero-order valence-electron chi connectivity index (χ0n) is 11.0. The molecule has 0 radical (unpaired) electrons. The summed E-state index contributed by atoms with van der Waals surface area (Å²) in [4.78, 5) is 0. The number of aryl methyl sites for hydroxylation is 3. The van der Waals surface area contributed by atoms with Crippen LogP contribution in [0.2, 0.25) is 0 Å². The van der Waals surface area contributed by atoms with Gasteiger partial charge in [0.1, 0.15) is 0 Å². The zero-order chi connectivity index (χ0) is 13.1. The summed E-state index contributed by atoms with van der Waals surface area (Å²) in [6, 6.07) is 13.6. The molecule has 0 N–H and O–H groups in total. The molecule has 0 aliphatic heterocycles. The van der Waals surface area contributed by atoms with Crippen LogP contribution in [0.1, 0.15) is 22.3 Å². The van der Waals surface area contributed by atoms with Gasteiger partial charge in [-0.25, -0.2) is 0 Å². The molecule has 0 saturated heterocycles. The monoisotopic (exact) mass is 239 g/mol. The fourth-order valence-corrected chi connectivity index (χ4v) is 1.93.